The van der Waals surface area contributed by atoms with Crippen molar-refractivity contribution in [3.63, 3.8) is 0 Å². The zero-order valence-corrected chi connectivity index (χ0v) is 17.7. The molecule has 0 aromatic heterocycles. The molecule has 1 aromatic rings. The summed E-state index contributed by atoms with van der Waals surface area (Å²) in [5.74, 6) is 0.137. The van der Waals surface area contributed by atoms with Crippen LogP contribution in [0.4, 0.5) is 4.79 Å². The van der Waals surface area contributed by atoms with Crippen LogP contribution in [0.15, 0.2) is 24.3 Å². The number of nitrogens with zero attached hydrogens (tertiary/aromatic N) is 1. The van der Waals surface area contributed by atoms with Gasteiger partial charge in [0.15, 0.2) is 0 Å². The van der Waals surface area contributed by atoms with E-state index in [0.717, 1.165) is 17.7 Å². The summed E-state index contributed by atoms with van der Waals surface area (Å²) in [7, 11) is 0. The van der Waals surface area contributed by atoms with E-state index in [1.807, 2.05) is 45.0 Å². The van der Waals surface area contributed by atoms with Gasteiger partial charge in [-0.3, -0.25) is 4.79 Å². The molecule has 1 aliphatic heterocycles. The lowest BCUT2D eigenvalue weighted by Gasteiger charge is -2.38. The standard InChI is InChI=1S/C22H33NO5/c1-6-14-27-17-10-8-16(9-11-17)18-12-13-23(21(25)28-22(3,4)5)15-19(18)20(24)26-7-2/h8-11,18-19H,6-7,12-15H2,1-5H3/t18-,19-/m1/s1. The number of carbonyl (C=O) groups is 2. The average molecular weight is 392 g/mol. The van der Waals surface area contributed by atoms with Gasteiger partial charge in [0.05, 0.1) is 19.1 Å². The second kappa shape index (κ2) is 9.80. The average Bonchev–Trinajstić information content (AvgIpc) is 2.65. The number of amides is 1. The number of esters is 1. The maximum atomic E-state index is 12.6. The topological polar surface area (TPSA) is 65.1 Å². The van der Waals surface area contributed by atoms with Crippen LogP contribution < -0.4 is 4.74 Å². The Kier molecular flexibility index (Phi) is 7.72. The summed E-state index contributed by atoms with van der Waals surface area (Å²) in [6.07, 6.45) is 1.25. The highest BCUT2D eigenvalue weighted by atomic mass is 16.6. The van der Waals surface area contributed by atoms with Crippen molar-refractivity contribution >= 4 is 12.1 Å². The largest absolute Gasteiger partial charge is 0.494 e. The number of likely N-dealkylation sites (tertiary alicyclic amines) is 1. The number of hydrogen-bond acceptors (Lipinski definition) is 5. The number of rotatable bonds is 6. The third kappa shape index (κ3) is 6.14. The molecule has 0 N–H and O–H groups in total. The first-order valence-electron chi connectivity index (χ1n) is 10.1. The Balaban J connectivity index is 2.15. The number of benzene rings is 1. The molecule has 28 heavy (non-hydrogen) atoms. The highest BCUT2D eigenvalue weighted by molar-refractivity contribution is 5.76. The predicted octanol–water partition coefficient (Wildman–Crippen LogP) is 4.38. The molecule has 0 saturated carbocycles. The minimum absolute atomic E-state index is 0.00189. The van der Waals surface area contributed by atoms with Gasteiger partial charge in [-0.1, -0.05) is 19.1 Å². The summed E-state index contributed by atoms with van der Waals surface area (Å²) >= 11 is 0. The van der Waals surface area contributed by atoms with Crippen LogP contribution in [0.1, 0.15) is 58.9 Å². The van der Waals surface area contributed by atoms with Crippen molar-refractivity contribution in [3.05, 3.63) is 29.8 Å². The Morgan fingerprint density at radius 1 is 1.14 bits per heavy atom. The van der Waals surface area contributed by atoms with Crippen LogP contribution in [0.2, 0.25) is 0 Å². The third-order valence-corrected chi connectivity index (χ3v) is 4.63. The molecule has 1 amide bonds. The van der Waals surface area contributed by atoms with Gasteiger partial charge in [-0.05, 0) is 58.2 Å². The normalized spacial score (nSPS) is 19.8. The van der Waals surface area contributed by atoms with Gasteiger partial charge in [-0.15, -0.1) is 0 Å². The molecule has 0 bridgehead atoms. The SMILES string of the molecule is CCCOc1ccc([C@H]2CCN(C(=O)OC(C)(C)C)C[C@H]2C(=O)OCC)cc1. The van der Waals surface area contributed by atoms with Crippen LogP contribution in [0, 0.1) is 5.92 Å². The lowest BCUT2D eigenvalue weighted by atomic mass is 9.80. The number of carbonyl (C=O) groups excluding carboxylic acids is 2. The summed E-state index contributed by atoms with van der Waals surface area (Å²) in [6, 6.07) is 7.89. The lowest BCUT2D eigenvalue weighted by molar-refractivity contribution is -0.150. The smallest absolute Gasteiger partial charge is 0.410 e. The maximum Gasteiger partial charge on any atom is 0.410 e. The Hall–Kier alpha value is -2.24. The van der Waals surface area contributed by atoms with E-state index in [-0.39, 0.29) is 18.0 Å². The lowest BCUT2D eigenvalue weighted by Crippen LogP contribution is -2.47. The molecule has 0 spiro atoms. The molecule has 0 unspecified atom stereocenters. The summed E-state index contributed by atoms with van der Waals surface area (Å²) in [6.45, 7) is 11.2. The van der Waals surface area contributed by atoms with Crippen LogP contribution in [-0.4, -0.2) is 48.9 Å². The monoisotopic (exact) mass is 391 g/mol. The molecular weight excluding hydrogens is 358 g/mol. The molecule has 156 valence electrons. The molecular formula is C22H33NO5. The fourth-order valence-electron chi connectivity index (χ4n) is 3.36. The minimum Gasteiger partial charge on any atom is -0.494 e. The molecule has 0 aliphatic carbocycles. The quantitative estimate of drug-likeness (QED) is 0.674. The molecule has 1 aromatic carbocycles. The van der Waals surface area contributed by atoms with E-state index < -0.39 is 11.5 Å². The molecule has 1 fully saturated rings. The van der Waals surface area contributed by atoms with Crippen molar-refractivity contribution in [2.45, 2.75) is 59.0 Å². The second-order valence-electron chi connectivity index (χ2n) is 8.10. The zero-order valence-electron chi connectivity index (χ0n) is 17.7. The van der Waals surface area contributed by atoms with E-state index in [4.69, 9.17) is 14.2 Å². The molecule has 1 saturated heterocycles. The number of ether oxygens (including phenoxy) is 3. The van der Waals surface area contributed by atoms with Gasteiger partial charge < -0.3 is 19.1 Å². The Morgan fingerprint density at radius 2 is 1.82 bits per heavy atom. The highest BCUT2D eigenvalue weighted by Gasteiger charge is 2.39. The summed E-state index contributed by atoms with van der Waals surface area (Å²) in [5, 5.41) is 0. The van der Waals surface area contributed by atoms with Gasteiger partial charge in [0, 0.05) is 19.0 Å². The van der Waals surface area contributed by atoms with Crippen molar-refractivity contribution in [1.29, 1.82) is 0 Å². The van der Waals surface area contributed by atoms with Crippen molar-refractivity contribution in [3.8, 4) is 5.75 Å². The summed E-state index contributed by atoms with van der Waals surface area (Å²) in [4.78, 5) is 26.7. The van der Waals surface area contributed by atoms with E-state index in [1.165, 1.54) is 0 Å². The van der Waals surface area contributed by atoms with E-state index in [2.05, 4.69) is 6.92 Å². The predicted molar refractivity (Wildman–Crippen MR) is 108 cm³/mol. The third-order valence-electron chi connectivity index (χ3n) is 4.63. The van der Waals surface area contributed by atoms with Crippen LogP contribution in [0.5, 0.6) is 5.75 Å². The van der Waals surface area contributed by atoms with Crippen molar-refractivity contribution in [2.24, 2.45) is 5.92 Å². The molecule has 6 nitrogen and oxygen atoms in total. The van der Waals surface area contributed by atoms with Gasteiger partial charge in [0.2, 0.25) is 0 Å². The second-order valence-corrected chi connectivity index (χ2v) is 8.10. The van der Waals surface area contributed by atoms with Crippen LogP contribution in [0.3, 0.4) is 0 Å². The molecule has 2 rings (SSSR count). The van der Waals surface area contributed by atoms with Gasteiger partial charge in [0.1, 0.15) is 11.4 Å². The Morgan fingerprint density at radius 3 is 2.39 bits per heavy atom. The van der Waals surface area contributed by atoms with Crippen LogP contribution in [-0.2, 0) is 14.3 Å². The fraction of sp³-hybridized carbons (Fsp3) is 0.636. The van der Waals surface area contributed by atoms with Crippen LogP contribution in [0.25, 0.3) is 0 Å². The zero-order chi connectivity index (χ0) is 20.7. The van der Waals surface area contributed by atoms with Gasteiger partial charge >= 0.3 is 12.1 Å². The number of piperidine rings is 1. The fourth-order valence-corrected chi connectivity index (χ4v) is 3.36. The van der Waals surface area contributed by atoms with E-state index in [9.17, 15) is 9.59 Å². The van der Waals surface area contributed by atoms with E-state index in [1.54, 1.807) is 11.8 Å². The van der Waals surface area contributed by atoms with Gasteiger partial charge in [0.25, 0.3) is 0 Å². The molecule has 2 atom stereocenters. The Bertz CT molecular complexity index is 650. The van der Waals surface area contributed by atoms with Crippen LogP contribution >= 0.6 is 0 Å². The van der Waals surface area contributed by atoms with E-state index in [0.29, 0.717) is 32.7 Å². The molecule has 0 radical (unpaired) electrons. The van der Waals surface area contributed by atoms with Crippen molar-refractivity contribution in [1.82, 2.24) is 4.90 Å². The van der Waals surface area contributed by atoms with Gasteiger partial charge in [-0.2, -0.15) is 0 Å². The molecule has 6 heteroatoms. The first-order chi connectivity index (χ1) is 13.2. The van der Waals surface area contributed by atoms with Gasteiger partial charge in [-0.25, -0.2) is 4.79 Å². The first-order valence-corrected chi connectivity index (χ1v) is 10.1. The molecule has 1 aliphatic rings. The van der Waals surface area contributed by atoms with E-state index >= 15 is 0 Å². The first kappa shape index (κ1) is 22.1. The minimum atomic E-state index is -0.568. The summed E-state index contributed by atoms with van der Waals surface area (Å²) in [5.41, 5.74) is 0.493. The highest BCUT2D eigenvalue weighted by Crippen LogP contribution is 2.35. The maximum absolute atomic E-state index is 12.6. The Labute approximate surface area is 168 Å². The van der Waals surface area contributed by atoms with Crippen molar-refractivity contribution < 1.29 is 23.8 Å². The summed E-state index contributed by atoms with van der Waals surface area (Å²) < 4.78 is 16.4. The van der Waals surface area contributed by atoms with Crippen molar-refractivity contribution in [2.75, 3.05) is 26.3 Å². The molecule has 1 heterocycles. The number of hydrogen-bond donors (Lipinski definition) is 0.